The molecule has 2 fully saturated rings. The van der Waals surface area contributed by atoms with Gasteiger partial charge in [-0.2, -0.15) is 18.3 Å². The smallest absolute Gasteiger partial charge is 0.351 e. The molecule has 3 heterocycles. The Balaban J connectivity index is 1.26. The molecule has 0 saturated heterocycles. The van der Waals surface area contributed by atoms with Crippen molar-refractivity contribution in [3.8, 4) is 0 Å². The van der Waals surface area contributed by atoms with Gasteiger partial charge in [-0.3, -0.25) is 14.3 Å². The summed E-state index contributed by atoms with van der Waals surface area (Å²) in [7, 11) is 0. The third kappa shape index (κ3) is 4.78. The molecule has 1 unspecified atom stereocenters. The van der Waals surface area contributed by atoms with Gasteiger partial charge in [-0.05, 0) is 25.0 Å². The second kappa shape index (κ2) is 8.26. The molecule has 0 aromatic carbocycles. The Morgan fingerprint density at radius 2 is 1.97 bits per heavy atom. The third-order valence-electron chi connectivity index (χ3n) is 5.39. The van der Waals surface area contributed by atoms with Gasteiger partial charge in [0.15, 0.2) is 11.4 Å². The molecule has 0 spiro atoms. The van der Waals surface area contributed by atoms with Crippen LogP contribution >= 0.6 is 23.1 Å². The molecule has 0 bridgehead atoms. The fourth-order valence-electron chi connectivity index (χ4n) is 3.28. The van der Waals surface area contributed by atoms with Gasteiger partial charge in [0.25, 0.3) is 5.92 Å². The Kier molecular flexibility index (Phi) is 5.62. The predicted molar refractivity (Wildman–Crippen MR) is 113 cm³/mol. The van der Waals surface area contributed by atoms with Crippen molar-refractivity contribution in [2.45, 2.75) is 49.0 Å². The minimum atomic E-state index is -4.76. The highest BCUT2D eigenvalue weighted by Gasteiger charge is 2.61. The number of fused-ring (bicyclic) bond motifs is 1. The van der Waals surface area contributed by atoms with Gasteiger partial charge in [0.05, 0.1) is 28.6 Å². The van der Waals surface area contributed by atoms with Gasteiger partial charge in [0.1, 0.15) is 10.9 Å². The summed E-state index contributed by atoms with van der Waals surface area (Å²) in [4.78, 5) is 32.4. The van der Waals surface area contributed by atoms with Gasteiger partial charge >= 0.3 is 6.18 Å². The van der Waals surface area contributed by atoms with Gasteiger partial charge in [0.2, 0.25) is 11.7 Å². The van der Waals surface area contributed by atoms with Crippen LogP contribution in [0.3, 0.4) is 0 Å². The first-order chi connectivity index (χ1) is 16.0. The van der Waals surface area contributed by atoms with Gasteiger partial charge in [-0.15, -0.1) is 11.3 Å². The molecular weight excluding hydrogens is 501 g/mol. The molecule has 5 rings (SSSR count). The molecule has 1 N–H and O–H groups in total. The van der Waals surface area contributed by atoms with Crippen LogP contribution in [0, 0.1) is 5.92 Å². The first-order valence-corrected chi connectivity index (χ1v) is 12.1. The lowest BCUT2D eigenvalue weighted by Crippen LogP contribution is -2.26. The largest absolute Gasteiger partial charge is 0.451 e. The lowest BCUT2D eigenvalue weighted by atomic mass is 10.3. The first kappa shape index (κ1) is 23.1. The summed E-state index contributed by atoms with van der Waals surface area (Å²) < 4.78 is 67.3. The van der Waals surface area contributed by atoms with E-state index in [1.807, 2.05) is 0 Å². The maximum Gasteiger partial charge on any atom is 0.451 e. The predicted octanol–water partition coefficient (Wildman–Crippen LogP) is 4.49. The van der Waals surface area contributed by atoms with Crippen molar-refractivity contribution in [2.24, 2.45) is 5.92 Å². The van der Waals surface area contributed by atoms with Crippen molar-refractivity contribution in [3.05, 3.63) is 33.9 Å². The van der Waals surface area contributed by atoms with Gasteiger partial charge in [0, 0.05) is 17.5 Å². The highest BCUT2D eigenvalue weighted by atomic mass is 32.2. The second-order valence-electron chi connectivity index (χ2n) is 8.14. The average Bonchev–Trinajstić information content (AvgIpc) is 3.60. The standard InChI is InChI=1S/C20H16F5N5O2S2/c21-19(22)5-12(19)16(32)26-6-10-3-4-14(34-10)13(31)8-33-17-11-7-30(9-1-2-9)29-15(11)27-18(28-17)20(23,24)25/h3-4,7,9,12H,1-2,5-6,8H2,(H,26,32). The Bertz CT molecular complexity index is 1280. The number of hydrogen-bond donors (Lipinski definition) is 1. The van der Waals surface area contributed by atoms with Gasteiger partial charge in [-0.1, -0.05) is 11.8 Å². The minimum absolute atomic E-state index is 0.0122. The molecule has 3 aromatic heterocycles. The van der Waals surface area contributed by atoms with Gasteiger partial charge in [-0.25, -0.2) is 18.7 Å². The second-order valence-corrected chi connectivity index (χ2v) is 10.3. The summed E-state index contributed by atoms with van der Waals surface area (Å²) in [6, 6.07) is 3.26. The summed E-state index contributed by atoms with van der Waals surface area (Å²) in [5.74, 6) is -6.81. The SMILES string of the molecule is O=C(CSc1nc(C(F)(F)F)nc2nn(C3CC3)cc12)c1ccc(CNC(=O)C2CC2(F)F)s1. The number of thioether (sulfide) groups is 1. The zero-order valence-corrected chi connectivity index (χ0v) is 18.9. The van der Waals surface area contributed by atoms with Crippen LogP contribution in [0.4, 0.5) is 22.0 Å². The van der Waals surface area contributed by atoms with Crippen molar-refractivity contribution < 1.29 is 31.5 Å². The number of thiophene rings is 1. The summed E-state index contributed by atoms with van der Waals surface area (Å²) in [6.07, 6.45) is -1.84. The zero-order chi connectivity index (χ0) is 24.3. The Hall–Kier alpha value is -2.61. The van der Waals surface area contributed by atoms with E-state index in [2.05, 4.69) is 20.4 Å². The number of hydrogen-bond acceptors (Lipinski definition) is 7. The van der Waals surface area contributed by atoms with E-state index in [-0.39, 0.29) is 34.8 Å². The molecule has 2 saturated carbocycles. The number of nitrogens with zero attached hydrogens (tertiary/aromatic N) is 4. The Morgan fingerprint density at radius 3 is 2.62 bits per heavy atom. The van der Waals surface area contributed by atoms with Crippen LogP contribution in [0.15, 0.2) is 23.4 Å². The van der Waals surface area contributed by atoms with E-state index >= 15 is 0 Å². The van der Waals surface area contributed by atoms with E-state index in [1.54, 1.807) is 16.9 Å². The van der Waals surface area contributed by atoms with Crippen LogP contribution < -0.4 is 5.32 Å². The molecule has 3 aromatic rings. The molecule has 180 valence electrons. The number of alkyl halides is 5. The fourth-order valence-corrected chi connectivity index (χ4v) is 5.13. The Morgan fingerprint density at radius 1 is 1.24 bits per heavy atom. The number of rotatable bonds is 8. The van der Waals surface area contributed by atoms with E-state index in [4.69, 9.17) is 0 Å². The van der Waals surface area contributed by atoms with Crippen LogP contribution in [0.25, 0.3) is 11.0 Å². The zero-order valence-electron chi connectivity index (χ0n) is 17.2. The number of amides is 1. The summed E-state index contributed by atoms with van der Waals surface area (Å²) in [5.41, 5.74) is -0.0698. The number of ketones is 1. The number of Topliss-reactive ketones (excluding diaryl/α,β-unsaturated/α-hetero) is 1. The normalized spacial score (nSPS) is 19.4. The maximum absolute atomic E-state index is 13.3. The van der Waals surface area contributed by atoms with E-state index < -0.39 is 36.2 Å². The third-order valence-corrected chi connectivity index (χ3v) is 7.51. The molecule has 1 amide bonds. The monoisotopic (exact) mass is 517 g/mol. The summed E-state index contributed by atoms with van der Waals surface area (Å²) in [6.45, 7) is 0.0122. The maximum atomic E-state index is 13.3. The highest BCUT2D eigenvalue weighted by Crippen LogP contribution is 2.48. The molecule has 7 nitrogen and oxygen atoms in total. The molecular formula is C20H16F5N5O2S2. The van der Waals surface area contributed by atoms with Crippen molar-refractivity contribution >= 4 is 45.8 Å². The number of carbonyl (C=O) groups is 2. The van der Waals surface area contributed by atoms with Crippen molar-refractivity contribution in [3.63, 3.8) is 0 Å². The lowest BCUT2D eigenvalue weighted by Gasteiger charge is -2.07. The fraction of sp³-hybridized carbons (Fsp3) is 0.450. The highest BCUT2D eigenvalue weighted by molar-refractivity contribution is 8.00. The molecule has 2 aliphatic carbocycles. The van der Waals surface area contributed by atoms with Crippen LogP contribution in [-0.2, 0) is 17.5 Å². The van der Waals surface area contributed by atoms with Crippen molar-refractivity contribution in [1.82, 2.24) is 25.1 Å². The molecule has 14 heteroatoms. The van der Waals surface area contributed by atoms with Crippen LogP contribution in [0.5, 0.6) is 0 Å². The molecule has 2 aliphatic rings. The minimum Gasteiger partial charge on any atom is -0.351 e. The van der Waals surface area contributed by atoms with Gasteiger partial charge < -0.3 is 5.32 Å². The van der Waals surface area contributed by atoms with E-state index in [9.17, 15) is 31.5 Å². The van der Waals surface area contributed by atoms with Crippen molar-refractivity contribution in [1.29, 1.82) is 0 Å². The summed E-state index contributed by atoms with van der Waals surface area (Å²) in [5, 5.41) is 6.94. The topological polar surface area (TPSA) is 89.8 Å². The number of aromatic nitrogens is 4. The average molecular weight is 518 g/mol. The van der Waals surface area contributed by atoms with E-state index in [0.29, 0.717) is 15.1 Å². The number of nitrogens with one attached hydrogen (secondary N) is 1. The molecule has 1 atom stereocenters. The quantitative estimate of drug-likeness (QED) is 0.205. The number of carbonyl (C=O) groups excluding carboxylic acids is 2. The van der Waals surface area contributed by atoms with Crippen LogP contribution in [0.2, 0.25) is 0 Å². The Labute approximate surface area is 197 Å². The molecule has 0 aliphatic heterocycles. The summed E-state index contributed by atoms with van der Waals surface area (Å²) >= 11 is 1.95. The number of halogens is 5. The molecule has 34 heavy (non-hydrogen) atoms. The first-order valence-electron chi connectivity index (χ1n) is 10.3. The molecule has 0 radical (unpaired) electrons. The van der Waals surface area contributed by atoms with Crippen molar-refractivity contribution in [2.75, 3.05) is 5.75 Å². The lowest BCUT2D eigenvalue weighted by molar-refractivity contribution is -0.145. The van der Waals surface area contributed by atoms with E-state index in [1.165, 1.54) is 6.07 Å². The van der Waals surface area contributed by atoms with Crippen LogP contribution in [0.1, 0.15) is 45.7 Å². The van der Waals surface area contributed by atoms with Crippen LogP contribution in [-0.4, -0.2) is 43.1 Å². The van der Waals surface area contributed by atoms with E-state index in [0.717, 1.165) is 35.9 Å².